The van der Waals surface area contributed by atoms with Gasteiger partial charge in [0.05, 0.1) is 27.1 Å². The molecule has 2 heterocycles. The quantitative estimate of drug-likeness (QED) is 0.465. The minimum Gasteiger partial charge on any atom is -0.342 e. The molecule has 0 saturated carbocycles. The summed E-state index contributed by atoms with van der Waals surface area (Å²) in [5, 5.41) is 1.18. The van der Waals surface area contributed by atoms with E-state index in [1.807, 2.05) is 13.1 Å². The normalized spacial score (nSPS) is 11.3. The van der Waals surface area contributed by atoms with Crippen LogP contribution in [-0.4, -0.2) is 20.7 Å². The highest BCUT2D eigenvalue weighted by Gasteiger charge is 2.07. The zero-order valence-corrected chi connectivity index (χ0v) is 16.5. The Hall–Kier alpha value is -2.01. The summed E-state index contributed by atoms with van der Waals surface area (Å²) < 4.78 is 1.23. The number of Topliss-reactive ketones (excluding diaryl/α,β-unsaturated/α-hetero) is 1. The average Bonchev–Trinajstić information content (AvgIpc) is 3.29. The summed E-state index contributed by atoms with van der Waals surface area (Å²) in [4.78, 5) is 23.9. The number of H-pyrrole nitrogens is 1. The minimum atomic E-state index is 0.379. The van der Waals surface area contributed by atoms with Crippen LogP contribution >= 0.6 is 11.3 Å². The lowest BCUT2D eigenvalue weighted by atomic mass is 10.1. The van der Waals surface area contributed by atoms with E-state index in [4.69, 9.17) is 0 Å². The van der Waals surface area contributed by atoms with Crippen LogP contribution in [0, 0.1) is 0 Å². The highest BCUT2D eigenvalue weighted by Crippen LogP contribution is 2.28. The zero-order chi connectivity index (χ0) is 18.4. The van der Waals surface area contributed by atoms with Crippen molar-refractivity contribution in [3.05, 3.63) is 35.2 Å². The van der Waals surface area contributed by atoms with Crippen molar-refractivity contribution in [1.29, 1.82) is 0 Å². The number of aromatic amines is 1. The smallest absolute Gasteiger partial charge is 0.132 e. The average molecular weight is 370 g/mol. The summed E-state index contributed by atoms with van der Waals surface area (Å²) in [6, 6.07) is 6.41. The molecule has 0 radical (unpaired) electrons. The van der Waals surface area contributed by atoms with Gasteiger partial charge < -0.3 is 4.98 Å². The Kier molecular flexibility index (Phi) is 6.56. The number of thiazole rings is 1. The third-order valence-electron chi connectivity index (χ3n) is 4.69. The van der Waals surface area contributed by atoms with Gasteiger partial charge in [0, 0.05) is 24.8 Å². The first-order valence-corrected chi connectivity index (χ1v) is 10.5. The monoisotopic (exact) mass is 369 g/mol. The number of carbonyl (C=O) groups is 1. The molecular weight excluding hydrogens is 342 g/mol. The van der Waals surface area contributed by atoms with Crippen LogP contribution in [0.15, 0.2) is 24.4 Å². The molecule has 0 spiro atoms. The van der Waals surface area contributed by atoms with Crippen LogP contribution < -0.4 is 0 Å². The Morgan fingerprint density at radius 3 is 2.81 bits per heavy atom. The molecule has 138 valence electrons. The number of ketones is 1. The first kappa shape index (κ1) is 18.8. The van der Waals surface area contributed by atoms with Gasteiger partial charge in [-0.1, -0.05) is 32.8 Å². The molecule has 5 heteroatoms. The lowest BCUT2D eigenvalue weighted by Gasteiger charge is -2.00. The molecule has 0 aliphatic heterocycles. The Morgan fingerprint density at radius 2 is 2.00 bits per heavy atom. The molecule has 0 saturated heterocycles. The lowest BCUT2D eigenvalue weighted by molar-refractivity contribution is -0.118. The molecule has 0 aliphatic carbocycles. The van der Waals surface area contributed by atoms with Gasteiger partial charge in [0.1, 0.15) is 11.6 Å². The Morgan fingerprint density at radius 1 is 1.15 bits per heavy atom. The van der Waals surface area contributed by atoms with Gasteiger partial charge in [0.25, 0.3) is 0 Å². The maximum absolute atomic E-state index is 11.3. The second kappa shape index (κ2) is 9.08. The molecule has 0 fully saturated rings. The van der Waals surface area contributed by atoms with E-state index >= 15 is 0 Å². The molecule has 3 aromatic rings. The highest BCUT2D eigenvalue weighted by atomic mass is 32.1. The van der Waals surface area contributed by atoms with Crippen molar-refractivity contribution in [2.45, 2.75) is 65.2 Å². The number of benzene rings is 1. The van der Waals surface area contributed by atoms with Crippen LogP contribution in [0.1, 0.15) is 63.2 Å². The Balaban J connectivity index is 1.52. The number of imidazole rings is 1. The topological polar surface area (TPSA) is 58.6 Å². The summed E-state index contributed by atoms with van der Waals surface area (Å²) in [6.45, 7) is 4.08. The zero-order valence-electron chi connectivity index (χ0n) is 15.7. The standard InChI is InChI=1S/C21H27N3OS/c1-3-16(25)9-7-5-6-8-10-20-22-14-18(23-20)15-11-12-17-19(13-15)26-21(4-2)24-17/h11-14H,3-10H2,1-2H3,(H,22,23). The van der Waals surface area contributed by atoms with Crippen molar-refractivity contribution < 1.29 is 4.79 Å². The number of rotatable bonds is 10. The van der Waals surface area contributed by atoms with Gasteiger partial charge in [-0.25, -0.2) is 9.97 Å². The van der Waals surface area contributed by atoms with Gasteiger partial charge in [-0.05, 0) is 31.4 Å². The molecule has 1 aromatic carbocycles. The molecule has 3 rings (SSSR count). The summed E-state index contributed by atoms with van der Waals surface area (Å²) in [7, 11) is 0. The lowest BCUT2D eigenvalue weighted by Crippen LogP contribution is -1.94. The third kappa shape index (κ3) is 4.79. The molecule has 1 N–H and O–H groups in total. The highest BCUT2D eigenvalue weighted by molar-refractivity contribution is 7.18. The van der Waals surface area contributed by atoms with Crippen molar-refractivity contribution in [2.24, 2.45) is 0 Å². The number of nitrogens with zero attached hydrogens (tertiary/aromatic N) is 2. The van der Waals surface area contributed by atoms with E-state index < -0.39 is 0 Å². The molecule has 4 nitrogen and oxygen atoms in total. The number of aromatic nitrogens is 3. The maximum Gasteiger partial charge on any atom is 0.132 e. The van der Waals surface area contributed by atoms with E-state index in [-0.39, 0.29) is 0 Å². The molecular formula is C21H27N3OS. The summed E-state index contributed by atoms with van der Waals surface area (Å²) in [6.07, 6.45) is 9.69. The van der Waals surface area contributed by atoms with Gasteiger partial charge in [-0.3, -0.25) is 4.79 Å². The van der Waals surface area contributed by atoms with Crippen LogP contribution in [0.2, 0.25) is 0 Å². The van der Waals surface area contributed by atoms with Crippen molar-refractivity contribution in [2.75, 3.05) is 0 Å². The van der Waals surface area contributed by atoms with Gasteiger partial charge >= 0.3 is 0 Å². The van der Waals surface area contributed by atoms with Gasteiger partial charge in [0.2, 0.25) is 0 Å². The fourth-order valence-corrected chi connectivity index (χ4v) is 4.02. The van der Waals surface area contributed by atoms with E-state index in [1.165, 1.54) is 15.3 Å². The number of carbonyl (C=O) groups excluding carboxylic acids is 1. The van der Waals surface area contributed by atoms with E-state index in [1.54, 1.807) is 11.3 Å². The van der Waals surface area contributed by atoms with Crippen LogP contribution in [0.25, 0.3) is 21.5 Å². The number of unbranched alkanes of at least 4 members (excludes halogenated alkanes) is 3. The third-order valence-corrected chi connectivity index (χ3v) is 5.85. The van der Waals surface area contributed by atoms with Gasteiger partial charge in [0.15, 0.2) is 0 Å². The summed E-state index contributed by atoms with van der Waals surface area (Å²) in [5.74, 6) is 1.42. The van der Waals surface area contributed by atoms with Crippen molar-refractivity contribution in [3.8, 4) is 11.3 Å². The van der Waals surface area contributed by atoms with Crippen LogP contribution in [0.4, 0.5) is 0 Å². The maximum atomic E-state index is 11.3. The fourth-order valence-electron chi connectivity index (χ4n) is 3.07. The van der Waals surface area contributed by atoms with Gasteiger partial charge in [-0.15, -0.1) is 11.3 Å². The molecule has 26 heavy (non-hydrogen) atoms. The second-order valence-corrected chi connectivity index (χ2v) is 7.81. The van der Waals surface area contributed by atoms with Gasteiger partial charge in [-0.2, -0.15) is 0 Å². The first-order chi connectivity index (χ1) is 12.7. The summed E-state index contributed by atoms with van der Waals surface area (Å²) in [5.41, 5.74) is 3.32. The van der Waals surface area contributed by atoms with Crippen molar-refractivity contribution in [3.63, 3.8) is 0 Å². The van der Waals surface area contributed by atoms with Crippen LogP contribution in [0.5, 0.6) is 0 Å². The number of hydrogen-bond donors (Lipinski definition) is 1. The van der Waals surface area contributed by atoms with E-state index in [0.29, 0.717) is 12.2 Å². The Labute approximate surface area is 159 Å². The van der Waals surface area contributed by atoms with Crippen molar-refractivity contribution in [1.82, 2.24) is 15.0 Å². The van der Waals surface area contributed by atoms with E-state index in [2.05, 4.69) is 40.1 Å². The predicted octanol–water partition coefficient (Wildman–Crippen LogP) is 5.72. The first-order valence-electron chi connectivity index (χ1n) is 9.65. The SMILES string of the molecule is CCC(=O)CCCCCCc1ncc(-c2ccc3nc(CC)sc3c2)[nH]1. The molecule has 0 amide bonds. The minimum absolute atomic E-state index is 0.379. The fraction of sp³-hybridized carbons (Fsp3) is 0.476. The molecule has 0 atom stereocenters. The largest absolute Gasteiger partial charge is 0.342 e. The molecule has 2 aromatic heterocycles. The molecule has 0 unspecified atom stereocenters. The van der Waals surface area contributed by atoms with Crippen LogP contribution in [0.3, 0.4) is 0 Å². The number of hydrogen-bond acceptors (Lipinski definition) is 4. The number of fused-ring (bicyclic) bond motifs is 1. The van der Waals surface area contributed by atoms with Crippen LogP contribution in [-0.2, 0) is 17.6 Å². The second-order valence-electron chi connectivity index (χ2n) is 6.69. The van der Waals surface area contributed by atoms with E-state index in [0.717, 1.165) is 62.0 Å². The predicted molar refractivity (Wildman–Crippen MR) is 109 cm³/mol. The molecule has 0 bridgehead atoms. The number of aryl methyl sites for hydroxylation is 2. The van der Waals surface area contributed by atoms with E-state index in [9.17, 15) is 4.79 Å². The number of nitrogens with one attached hydrogen (secondary N) is 1. The summed E-state index contributed by atoms with van der Waals surface area (Å²) >= 11 is 1.77. The van der Waals surface area contributed by atoms with Crippen molar-refractivity contribution >= 4 is 27.3 Å². The molecule has 0 aliphatic rings. The Bertz CT molecular complexity index is 865.